The first-order valence-corrected chi connectivity index (χ1v) is 10.3. The Balaban J connectivity index is 1.66. The highest BCUT2D eigenvalue weighted by Crippen LogP contribution is 2.31. The molecule has 0 unspecified atom stereocenters. The molecule has 0 aromatic heterocycles. The summed E-state index contributed by atoms with van der Waals surface area (Å²) in [5.74, 6) is -1.79. The quantitative estimate of drug-likeness (QED) is 0.283. The van der Waals surface area contributed by atoms with Crippen LogP contribution in [0.5, 0.6) is 0 Å². The standard InChI is InChI=1S/C27H23F3/c1-2-3-4-5-19-12-15-25(27(30)26(19)29)23-9-8-21-16-20(6-7-22(21)17-23)18-10-13-24(28)14-11-18/h6-17H,2-5H2,1H3. The zero-order valence-electron chi connectivity index (χ0n) is 16.9. The molecule has 0 aliphatic rings. The second-order valence-corrected chi connectivity index (χ2v) is 7.64. The number of hydrogen-bond acceptors (Lipinski definition) is 0. The van der Waals surface area contributed by atoms with Crippen molar-refractivity contribution in [3.05, 3.63) is 95.8 Å². The summed E-state index contributed by atoms with van der Waals surface area (Å²) in [7, 11) is 0. The van der Waals surface area contributed by atoms with Crippen LogP contribution in [0.3, 0.4) is 0 Å². The Hall–Kier alpha value is -3.07. The predicted molar refractivity (Wildman–Crippen MR) is 118 cm³/mol. The topological polar surface area (TPSA) is 0 Å². The summed E-state index contributed by atoms with van der Waals surface area (Å²) in [5, 5.41) is 1.92. The Morgan fingerprint density at radius 2 is 1.23 bits per heavy atom. The minimum atomic E-state index is -0.786. The number of aryl methyl sites for hydroxylation is 1. The van der Waals surface area contributed by atoms with Crippen LogP contribution in [-0.2, 0) is 6.42 Å². The highest BCUT2D eigenvalue weighted by molar-refractivity contribution is 5.90. The van der Waals surface area contributed by atoms with Gasteiger partial charge >= 0.3 is 0 Å². The van der Waals surface area contributed by atoms with Gasteiger partial charge in [-0.3, -0.25) is 0 Å². The van der Waals surface area contributed by atoms with E-state index < -0.39 is 11.6 Å². The van der Waals surface area contributed by atoms with E-state index in [1.165, 1.54) is 12.1 Å². The van der Waals surface area contributed by atoms with Crippen molar-refractivity contribution in [2.75, 3.05) is 0 Å². The third kappa shape index (κ3) is 4.11. The minimum Gasteiger partial charge on any atom is -0.207 e. The van der Waals surface area contributed by atoms with Crippen LogP contribution >= 0.6 is 0 Å². The van der Waals surface area contributed by atoms with E-state index in [2.05, 4.69) is 6.92 Å². The average molecular weight is 404 g/mol. The maximum atomic E-state index is 14.8. The lowest BCUT2D eigenvalue weighted by molar-refractivity contribution is 0.498. The van der Waals surface area contributed by atoms with Crippen molar-refractivity contribution in [1.29, 1.82) is 0 Å². The van der Waals surface area contributed by atoms with Crippen molar-refractivity contribution in [2.45, 2.75) is 32.6 Å². The highest BCUT2D eigenvalue weighted by atomic mass is 19.2. The van der Waals surface area contributed by atoms with Crippen LogP contribution in [0, 0.1) is 17.5 Å². The lowest BCUT2D eigenvalue weighted by Crippen LogP contribution is -1.97. The predicted octanol–water partition coefficient (Wildman–Crippen LogP) is 8.32. The molecule has 3 heteroatoms. The molecule has 0 saturated carbocycles. The maximum Gasteiger partial charge on any atom is 0.166 e. The molecule has 0 saturated heterocycles. The van der Waals surface area contributed by atoms with Crippen LogP contribution in [0.1, 0.15) is 31.7 Å². The van der Waals surface area contributed by atoms with Crippen LogP contribution in [0.25, 0.3) is 33.0 Å². The zero-order chi connectivity index (χ0) is 21.1. The molecule has 30 heavy (non-hydrogen) atoms. The number of rotatable bonds is 6. The fraction of sp³-hybridized carbons (Fsp3) is 0.185. The first-order valence-electron chi connectivity index (χ1n) is 10.3. The zero-order valence-corrected chi connectivity index (χ0v) is 16.9. The van der Waals surface area contributed by atoms with Gasteiger partial charge in [0.2, 0.25) is 0 Å². The smallest absolute Gasteiger partial charge is 0.166 e. The van der Waals surface area contributed by atoms with Crippen molar-refractivity contribution >= 4 is 10.8 Å². The summed E-state index contributed by atoms with van der Waals surface area (Å²) in [6.45, 7) is 2.09. The van der Waals surface area contributed by atoms with E-state index in [1.807, 2.05) is 36.4 Å². The minimum absolute atomic E-state index is 0.269. The van der Waals surface area contributed by atoms with E-state index in [-0.39, 0.29) is 11.4 Å². The van der Waals surface area contributed by atoms with Crippen LogP contribution in [0.15, 0.2) is 72.8 Å². The second-order valence-electron chi connectivity index (χ2n) is 7.64. The molecular weight excluding hydrogens is 381 g/mol. The fourth-order valence-electron chi connectivity index (χ4n) is 3.81. The molecule has 4 rings (SSSR count). The Labute approximate surface area is 175 Å². The molecule has 152 valence electrons. The summed E-state index contributed by atoms with van der Waals surface area (Å²) < 4.78 is 42.5. The Bertz CT molecular complexity index is 1180. The summed E-state index contributed by atoms with van der Waals surface area (Å²) in [6.07, 6.45) is 3.47. The largest absolute Gasteiger partial charge is 0.207 e. The summed E-state index contributed by atoms with van der Waals surface area (Å²) in [4.78, 5) is 0. The van der Waals surface area contributed by atoms with Crippen LogP contribution in [0.2, 0.25) is 0 Å². The van der Waals surface area contributed by atoms with Gasteiger partial charge in [0.05, 0.1) is 0 Å². The van der Waals surface area contributed by atoms with Crippen molar-refractivity contribution in [2.24, 2.45) is 0 Å². The summed E-state index contributed by atoms with van der Waals surface area (Å²) >= 11 is 0. The molecular formula is C27H23F3. The van der Waals surface area contributed by atoms with E-state index in [4.69, 9.17) is 0 Å². The molecule has 0 spiro atoms. The van der Waals surface area contributed by atoms with E-state index in [1.54, 1.807) is 24.3 Å². The molecule has 0 heterocycles. The number of unbranched alkanes of at least 4 members (excludes halogenated alkanes) is 2. The molecule has 0 fully saturated rings. The number of benzene rings is 4. The van der Waals surface area contributed by atoms with Crippen LogP contribution < -0.4 is 0 Å². The number of fused-ring (bicyclic) bond motifs is 1. The molecule has 4 aromatic rings. The highest BCUT2D eigenvalue weighted by Gasteiger charge is 2.15. The Morgan fingerprint density at radius 1 is 0.600 bits per heavy atom. The molecule has 0 bridgehead atoms. The van der Waals surface area contributed by atoms with Gasteiger partial charge < -0.3 is 0 Å². The SMILES string of the molecule is CCCCCc1ccc(-c2ccc3cc(-c4ccc(F)cc4)ccc3c2)c(F)c1F. The van der Waals surface area contributed by atoms with E-state index >= 15 is 0 Å². The Morgan fingerprint density at radius 3 is 1.93 bits per heavy atom. The van der Waals surface area contributed by atoms with Gasteiger partial charge in [-0.15, -0.1) is 0 Å². The van der Waals surface area contributed by atoms with E-state index in [0.717, 1.165) is 41.2 Å². The molecule has 4 aromatic carbocycles. The average Bonchev–Trinajstić information content (AvgIpc) is 2.77. The van der Waals surface area contributed by atoms with Gasteiger partial charge in [-0.2, -0.15) is 0 Å². The molecule has 0 aliphatic carbocycles. The van der Waals surface area contributed by atoms with Gasteiger partial charge in [-0.05, 0) is 70.1 Å². The molecule has 0 aliphatic heterocycles. The monoisotopic (exact) mass is 404 g/mol. The lowest BCUT2D eigenvalue weighted by Gasteiger charge is -2.10. The Kier molecular flexibility index (Phi) is 5.89. The normalized spacial score (nSPS) is 11.2. The van der Waals surface area contributed by atoms with Gasteiger partial charge in [0.1, 0.15) is 5.82 Å². The third-order valence-electron chi connectivity index (χ3n) is 5.54. The van der Waals surface area contributed by atoms with Gasteiger partial charge in [-0.1, -0.05) is 68.3 Å². The number of halogens is 3. The van der Waals surface area contributed by atoms with Gasteiger partial charge in [0.25, 0.3) is 0 Å². The molecule has 0 nitrogen and oxygen atoms in total. The van der Waals surface area contributed by atoms with Gasteiger partial charge in [0, 0.05) is 5.56 Å². The van der Waals surface area contributed by atoms with Crippen molar-refractivity contribution in [3.63, 3.8) is 0 Å². The first-order chi connectivity index (χ1) is 14.6. The van der Waals surface area contributed by atoms with Crippen molar-refractivity contribution in [1.82, 2.24) is 0 Å². The number of hydrogen-bond donors (Lipinski definition) is 0. The third-order valence-corrected chi connectivity index (χ3v) is 5.54. The lowest BCUT2D eigenvalue weighted by atomic mass is 9.96. The molecule has 0 amide bonds. The maximum absolute atomic E-state index is 14.8. The summed E-state index contributed by atoms with van der Waals surface area (Å²) in [6, 6.07) is 21.2. The van der Waals surface area contributed by atoms with E-state index in [9.17, 15) is 13.2 Å². The first kappa shape index (κ1) is 20.2. The fourth-order valence-corrected chi connectivity index (χ4v) is 3.81. The molecule has 0 N–H and O–H groups in total. The van der Waals surface area contributed by atoms with Crippen LogP contribution in [0.4, 0.5) is 13.2 Å². The van der Waals surface area contributed by atoms with Crippen molar-refractivity contribution < 1.29 is 13.2 Å². The van der Waals surface area contributed by atoms with Crippen LogP contribution in [-0.4, -0.2) is 0 Å². The summed E-state index contributed by atoms with van der Waals surface area (Å²) in [5.41, 5.74) is 3.26. The second kappa shape index (κ2) is 8.74. The van der Waals surface area contributed by atoms with Gasteiger partial charge in [-0.25, -0.2) is 13.2 Å². The van der Waals surface area contributed by atoms with E-state index in [0.29, 0.717) is 17.5 Å². The van der Waals surface area contributed by atoms with Crippen molar-refractivity contribution in [3.8, 4) is 22.3 Å². The molecule has 0 atom stereocenters. The van der Waals surface area contributed by atoms with Gasteiger partial charge in [0.15, 0.2) is 11.6 Å². The molecule has 0 radical (unpaired) electrons.